The first kappa shape index (κ1) is 14.7. The van der Waals surface area contributed by atoms with E-state index in [1.54, 1.807) is 6.92 Å². The van der Waals surface area contributed by atoms with Crippen molar-refractivity contribution in [3.63, 3.8) is 0 Å². The lowest BCUT2D eigenvalue weighted by Crippen LogP contribution is -2.40. The molecule has 0 aliphatic carbocycles. The molecule has 2 rings (SSSR count). The van der Waals surface area contributed by atoms with Crippen LogP contribution in [0.25, 0.3) is 0 Å². The summed E-state index contributed by atoms with van der Waals surface area (Å²) in [5, 5.41) is 9.11. The van der Waals surface area contributed by atoms with Gasteiger partial charge in [0, 0.05) is 12.7 Å². The van der Waals surface area contributed by atoms with Crippen LogP contribution in [0.1, 0.15) is 19.8 Å². The minimum atomic E-state index is -3.92. The van der Waals surface area contributed by atoms with Crippen LogP contribution in [0.3, 0.4) is 0 Å². The van der Waals surface area contributed by atoms with Crippen LogP contribution >= 0.6 is 0 Å². The van der Waals surface area contributed by atoms with E-state index in [0.717, 1.165) is 4.31 Å². The van der Waals surface area contributed by atoms with Gasteiger partial charge in [0.2, 0.25) is 10.0 Å². The maximum Gasteiger partial charge on any atom is 0.322 e. The second-order valence-corrected chi connectivity index (χ2v) is 6.23. The number of sulfonamides is 1. The Morgan fingerprint density at radius 2 is 2.35 bits per heavy atom. The van der Waals surface area contributed by atoms with Crippen LogP contribution in [0.4, 0.5) is 0 Å². The normalized spacial score (nSPS) is 19.9. The monoisotopic (exact) mass is 300 g/mol. The van der Waals surface area contributed by atoms with Crippen molar-refractivity contribution in [2.24, 2.45) is 0 Å². The highest BCUT2D eigenvalue weighted by atomic mass is 32.2. The molecule has 1 fully saturated rings. The van der Waals surface area contributed by atoms with Gasteiger partial charge in [-0.1, -0.05) is 0 Å². The second kappa shape index (κ2) is 5.76. The van der Waals surface area contributed by atoms with Crippen LogP contribution < -0.4 is 4.74 Å². The molecule has 1 atom stereocenters. The number of carboxylic acids is 1. The number of nitrogens with zero attached hydrogens (tertiary/aromatic N) is 2. The van der Waals surface area contributed by atoms with Crippen molar-refractivity contribution in [2.45, 2.75) is 30.7 Å². The van der Waals surface area contributed by atoms with Gasteiger partial charge in [0.1, 0.15) is 16.7 Å². The fourth-order valence-electron chi connectivity index (χ4n) is 2.24. The molecule has 1 saturated heterocycles. The Bertz CT molecular complexity index is 602. The molecular formula is C12H16N2O5S. The SMILES string of the molecule is CCOc1ccncc1S(=O)(=O)N1CCCC1C(=O)O. The first-order chi connectivity index (χ1) is 9.48. The zero-order valence-corrected chi connectivity index (χ0v) is 11.8. The molecule has 1 N–H and O–H groups in total. The van der Waals surface area contributed by atoms with Crippen LogP contribution in [0, 0.1) is 0 Å². The number of hydrogen-bond donors (Lipinski definition) is 1. The largest absolute Gasteiger partial charge is 0.492 e. The average Bonchev–Trinajstić information content (AvgIpc) is 2.89. The van der Waals surface area contributed by atoms with Crippen molar-refractivity contribution in [2.75, 3.05) is 13.2 Å². The molecule has 0 spiro atoms. The van der Waals surface area contributed by atoms with E-state index in [-0.39, 0.29) is 17.2 Å². The summed E-state index contributed by atoms with van der Waals surface area (Å²) in [7, 11) is -3.92. The van der Waals surface area contributed by atoms with E-state index < -0.39 is 22.0 Å². The molecule has 1 aliphatic rings. The summed E-state index contributed by atoms with van der Waals surface area (Å²) < 4.78 is 31.5. The molecule has 7 nitrogen and oxygen atoms in total. The van der Waals surface area contributed by atoms with Crippen LogP contribution in [0.5, 0.6) is 5.75 Å². The molecule has 1 aromatic rings. The second-order valence-electron chi connectivity index (χ2n) is 4.37. The number of carbonyl (C=O) groups is 1. The Hall–Kier alpha value is -1.67. The summed E-state index contributed by atoms with van der Waals surface area (Å²) in [4.78, 5) is 14.9. The minimum Gasteiger partial charge on any atom is -0.492 e. The first-order valence-corrected chi connectivity index (χ1v) is 7.74. The summed E-state index contributed by atoms with van der Waals surface area (Å²) >= 11 is 0. The predicted octanol–water partition coefficient (Wildman–Crippen LogP) is 0.718. The van der Waals surface area contributed by atoms with Crippen LogP contribution in [0.15, 0.2) is 23.4 Å². The average molecular weight is 300 g/mol. The lowest BCUT2D eigenvalue weighted by molar-refractivity contribution is -0.140. The molecule has 1 unspecified atom stereocenters. The zero-order valence-electron chi connectivity index (χ0n) is 11.0. The highest BCUT2D eigenvalue weighted by Gasteiger charge is 2.40. The molecule has 0 radical (unpaired) electrons. The van der Waals surface area contributed by atoms with Crippen molar-refractivity contribution in [1.29, 1.82) is 0 Å². The van der Waals surface area contributed by atoms with Crippen LogP contribution in [-0.4, -0.2) is 48.0 Å². The van der Waals surface area contributed by atoms with E-state index in [1.165, 1.54) is 18.5 Å². The summed E-state index contributed by atoms with van der Waals surface area (Å²) in [5.74, 6) is -0.938. The molecule has 0 saturated carbocycles. The molecular weight excluding hydrogens is 284 g/mol. The number of rotatable bonds is 5. The van der Waals surface area contributed by atoms with Gasteiger partial charge < -0.3 is 9.84 Å². The maximum absolute atomic E-state index is 12.6. The van der Waals surface area contributed by atoms with Crippen LogP contribution in [0.2, 0.25) is 0 Å². The van der Waals surface area contributed by atoms with Gasteiger partial charge >= 0.3 is 5.97 Å². The standard InChI is InChI=1S/C12H16N2O5S/c1-2-19-10-5-6-13-8-11(10)20(17,18)14-7-3-4-9(14)12(15)16/h5-6,8-9H,2-4,7H2,1H3,(H,15,16). The molecule has 0 bridgehead atoms. The van der Waals surface area contributed by atoms with Gasteiger partial charge in [-0.05, 0) is 25.8 Å². The van der Waals surface area contributed by atoms with Gasteiger partial charge in [-0.25, -0.2) is 8.42 Å². The van der Waals surface area contributed by atoms with Gasteiger partial charge in [-0.15, -0.1) is 0 Å². The summed E-state index contributed by atoms with van der Waals surface area (Å²) in [6, 6.07) is 0.442. The third-order valence-electron chi connectivity index (χ3n) is 3.12. The van der Waals surface area contributed by atoms with Crippen molar-refractivity contribution in [1.82, 2.24) is 9.29 Å². The molecule has 0 amide bonds. The Balaban J connectivity index is 2.42. The third-order valence-corrected chi connectivity index (χ3v) is 5.04. The van der Waals surface area contributed by atoms with E-state index >= 15 is 0 Å². The van der Waals surface area contributed by atoms with Gasteiger partial charge in [0.15, 0.2) is 0 Å². The lowest BCUT2D eigenvalue weighted by atomic mass is 10.2. The fraction of sp³-hybridized carbons (Fsp3) is 0.500. The maximum atomic E-state index is 12.6. The molecule has 1 aromatic heterocycles. The van der Waals surface area contributed by atoms with Crippen molar-refractivity contribution >= 4 is 16.0 Å². The topological polar surface area (TPSA) is 96.8 Å². The Kier molecular flexibility index (Phi) is 4.24. The molecule has 1 aliphatic heterocycles. The van der Waals surface area contributed by atoms with Crippen molar-refractivity contribution < 1.29 is 23.1 Å². The molecule has 20 heavy (non-hydrogen) atoms. The fourth-order valence-corrected chi connectivity index (χ4v) is 3.96. The molecule has 0 aromatic carbocycles. The number of hydrogen-bond acceptors (Lipinski definition) is 5. The Morgan fingerprint density at radius 1 is 1.60 bits per heavy atom. The van der Waals surface area contributed by atoms with E-state index in [0.29, 0.717) is 19.4 Å². The van der Waals surface area contributed by atoms with Gasteiger partial charge in [-0.2, -0.15) is 4.31 Å². The van der Waals surface area contributed by atoms with Crippen molar-refractivity contribution in [3.05, 3.63) is 18.5 Å². The quantitative estimate of drug-likeness (QED) is 0.860. The number of ether oxygens (including phenoxy) is 1. The number of aromatic nitrogens is 1. The minimum absolute atomic E-state index is 0.0880. The highest BCUT2D eigenvalue weighted by molar-refractivity contribution is 7.89. The van der Waals surface area contributed by atoms with Crippen LogP contribution in [-0.2, 0) is 14.8 Å². The van der Waals surface area contributed by atoms with Gasteiger partial charge in [0.05, 0.1) is 12.8 Å². The lowest BCUT2D eigenvalue weighted by Gasteiger charge is -2.21. The molecule has 2 heterocycles. The number of carboxylic acid groups (broad SMARTS) is 1. The molecule has 8 heteroatoms. The number of aliphatic carboxylic acids is 1. The van der Waals surface area contributed by atoms with E-state index in [4.69, 9.17) is 9.84 Å². The predicted molar refractivity (Wildman–Crippen MR) is 70.0 cm³/mol. The smallest absolute Gasteiger partial charge is 0.322 e. The van der Waals surface area contributed by atoms with E-state index in [1.807, 2.05) is 0 Å². The van der Waals surface area contributed by atoms with E-state index in [2.05, 4.69) is 4.98 Å². The summed E-state index contributed by atoms with van der Waals surface area (Å²) in [6.07, 6.45) is 3.47. The number of pyridine rings is 1. The van der Waals surface area contributed by atoms with Gasteiger partial charge in [0.25, 0.3) is 0 Å². The Labute approximate surface area is 117 Å². The zero-order chi connectivity index (χ0) is 14.8. The highest BCUT2D eigenvalue weighted by Crippen LogP contribution is 2.30. The third kappa shape index (κ3) is 2.61. The summed E-state index contributed by atoms with van der Waals surface area (Å²) in [6.45, 7) is 2.25. The van der Waals surface area contributed by atoms with Crippen molar-refractivity contribution in [3.8, 4) is 5.75 Å². The Morgan fingerprint density at radius 3 is 3.00 bits per heavy atom. The van der Waals surface area contributed by atoms with Gasteiger partial charge in [-0.3, -0.25) is 9.78 Å². The first-order valence-electron chi connectivity index (χ1n) is 6.30. The summed E-state index contributed by atoms with van der Waals surface area (Å²) in [5.41, 5.74) is 0. The van der Waals surface area contributed by atoms with E-state index in [9.17, 15) is 13.2 Å². The molecule has 110 valence electrons.